The summed E-state index contributed by atoms with van der Waals surface area (Å²) in [5.41, 5.74) is 1.69. The maximum atomic E-state index is 8.88. The molecule has 3 nitrogen and oxygen atoms in total. The number of aliphatic hydroxyl groups is 2. The van der Waals surface area contributed by atoms with Crippen LogP contribution in [-0.4, -0.2) is 29.5 Å². The molecule has 88 valence electrons. The third-order valence-electron chi connectivity index (χ3n) is 2.23. The van der Waals surface area contributed by atoms with Crippen molar-refractivity contribution in [1.82, 2.24) is 0 Å². The zero-order chi connectivity index (χ0) is 11.8. The molecule has 0 radical (unpaired) electrons. The van der Waals surface area contributed by atoms with Crippen LogP contribution in [0.4, 0.5) is 0 Å². The normalized spacial score (nSPS) is 12.2. The molecule has 0 aliphatic heterocycles. The van der Waals surface area contributed by atoms with E-state index in [2.05, 4.69) is 0 Å². The maximum absolute atomic E-state index is 8.88. The predicted octanol–water partition coefficient (Wildman–Crippen LogP) is 1.50. The van der Waals surface area contributed by atoms with Crippen molar-refractivity contribution in [3.05, 3.63) is 47.5 Å². The van der Waals surface area contributed by atoms with Crippen LogP contribution in [0.3, 0.4) is 0 Å². The van der Waals surface area contributed by atoms with Gasteiger partial charge in [-0.05, 0) is 18.1 Å². The van der Waals surface area contributed by atoms with Gasteiger partial charge in [0, 0.05) is 0 Å². The summed E-state index contributed by atoms with van der Waals surface area (Å²) in [6.45, 7) is 2.15. The lowest BCUT2D eigenvalue weighted by molar-refractivity contribution is 0.0824. The molecule has 0 unspecified atom stereocenters. The highest BCUT2D eigenvalue weighted by atomic mass is 16.5. The van der Waals surface area contributed by atoms with E-state index in [1.165, 1.54) is 0 Å². The molecule has 1 rings (SSSR count). The molecule has 0 bridgehead atoms. The van der Waals surface area contributed by atoms with E-state index in [-0.39, 0.29) is 19.3 Å². The highest BCUT2D eigenvalue weighted by Crippen LogP contribution is 2.05. The van der Waals surface area contributed by atoms with Gasteiger partial charge in [-0.3, -0.25) is 0 Å². The Morgan fingerprint density at radius 3 is 2.44 bits per heavy atom. The Balaban J connectivity index is 2.41. The molecule has 0 saturated carbocycles. The summed E-state index contributed by atoms with van der Waals surface area (Å²) in [5, 5.41) is 17.8. The van der Waals surface area contributed by atoms with E-state index in [4.69, 9.17) is 14.9 Å². The summed E-state index contributed by atoms with van der Waals surface area (Å²) in [5.74, 6) is 0. The molecule has 1 atom stereocenters. The second-order valence-electron chi connectivity index (χ2n) is 3.64. The number of rotatable bonds is 6. The summed E-state index contributed by atoms with van der Waals surface area (Å²) in [7, 11) is 0. The topological polar surface area (TPSA) is 49.7 Å². The summed E-state index contributed by atoms with van der Waals surface area (Å²) in [6.07, 6.45) is 1.62. The third kappa shape index (κ3) is 4.57. The van der Waals surface area contributed by atoms with E-state index in [1.807, 2.05) is 37.3 Å². The molecule has 0 aliphatic rings. The van der Waals surface area contributed by atoms with Crippen molar-refractivity contribution in [1.29, 1.82) is 0 Å². The largest absolute Gasteiger partial charge is 0.392 e. The van der Waals surface area contributed by atoms with Crippen molar-refractivity contribution in [3.8, 4) is 0 Å². The van der Waals surface area contributed by atoms with Crippen molar-refractivity contribution >= 4 is 0 Å². The molecule has 0 amide bonds. The highest BCUT2D eigenvalue weighted by molar-refractivity contribution is 5.13. The molecule has 16 heavy (non-hydrogen) atoms. The van der Waals surface area contributed by atoms with Crippen LogP contribution in [0.25, 0.3) is 0 Å². The standard InChI is InChI=1S/C13H18O3/c1-11(7-13(8-14)9-15)16-10-12-5-3-2-4-6-12/h2-7,11,14-15H,8-10H2,1H3/t11-/m0/s1. The van der Waals surface area contributed by atoms with E-state index in [1.54, 1.807) is 6.08 Å². The average molecular weight is 222 g/mol. The summed E-state index contributed by atoms with van der Waals surface area (Å²) in [4.78, 5) is 0. The van der Waals surface area contributed by atoms with Crippen LogP contribution in [0.5, 0.6) is 0 Å². The lowest BCUT2D eigenvalue weighted by atomic mass is 10.2. The molecule has 0 fully saturated rings. The van der Waals surface area contributed by atoms with Gasteiger partial charge >= 0.3 is 0 Å². The fourth-order valence-corrected chi connectivity index (χ4v) is 1.34. The first-order chi connectivity index (χ1) is 7.76. The molecular formula is C13H18O3. The van der Waals surface area contributed by atoms with Crippen molar-refractivity contribution in [2.45, 2.75) is 19.6 Å². The zero-order valence-electron chi connectivity index (χ0n) is 9.47. The highest BCUT2D eigenvalue weighted by Gasteiger charge is 2.01. The number of ether oxygens (including phenoxy) is 1. The Kier molecular flexibility index (Phi) is 5.78. The second-order valence-corrected chi connectivity index (χ2v) is 3.64. The smallest absolute Gasteiger partial charge is 0.0736 e. The monoisotopic (exact) mass is 222 g/mol. The summed E-state index contributed by atoms with van der Waals surface area (Å²) < 4.78 is 5.56. The van der Waals surface area contributed by atoms with Crippen LogP contribution in [0.15, 0.2) is 42.0 Å². The Morgan fingerprint density at radius 2 is 1.88 bits per heavy atom. The van der Waals surface area contributed by atoms with Crippen molar-refractivity contribution < 1.29 is 14.9 Å². The molecule has 0 aromatic heterocycles. The van der Waals surface area contributed by atoms with Gasteiger partial charge in [-0.15, -0.1) is 0 Å². The van der Waals surface area contributed by atoms with E-state index in [9.17, 15) is 0 Å². The molecule has 1 aromatic rings. The number of aliphatic hydroxyl groups excluding tert-OH is 2. The lowest BCUT2D eigenvalue weighted by Gasteiger charge is -2.10. The Labute approximate surface area is 96.0 Å². The zero-order valence-corrected chi connectivity index (χ0v) is 9.47. The van der Waals surface area contributed by atoms with Crippen LogP contribution in [0.1, 0.15) is 12.5 Å². The molecular weight excluding hydrogens is 204 g/mol. The predicted molar refractivity (Wildman–Crippen MR) is 62.9 cm³/mol. The SMILES string of the molecule is C[C@@H](C=C(CO)CO)OCc1ccccc1. The minimum Gasteiger partial charge on any atom is -0.392 e. The molecule has 1 aromatic carbocycles. The van der Waals surface area contributed by atoms with Gasteiger partial charge in [0.25, 0.3) is 0 Å². The van der Waals surface area contributed by atoms with Crippen molar-refractivity contribution in [3.63, 3.8) is 0 Å². The fourth-order valence-electron chi connectivity index (χ4n) is 1.34. The Morgan fingerprint density at radius 1 is 1.25 bits per heavy atom. The van der Waals surface area contributed by atoms with Gasteiger partial charge in [0.2, 0.25) is 0 Å². The number of hydrogen-bond donors (Lipinski definition) is 2. The first-order valence-electron chi connectivity index (χ1n) is 5.33. The van der Waals surface area contributed by atoms with Gasteiger partial charge in [-0.25, -0.2) is 0 Å². The quantitative estimate of drug-likeness (QED) is 0.717. The van der Waals surface area contributed by atoms with Crippen LogP contribution in [0.2, 0.25) is 0 Å². The van der Waals surface area contributed by atoms with Crippen molar-refractivity contribution in [2.24, 2.45) is 0 Å². The first kappa shape index (κ1) is 12.9. The fraction of sp³-hybridized carbons (Fsp3) is 0.385. The second kappa shape index (κ2) is 7.17. The van der Waals surface area contributed by atoms with Gasteiger partial charge in [0.15, 0.2) is 0 Å². The molecule has 2 N–H and O–H groups in total. The van der Waals surface area contributed by atoms with E-state index in [0.29, 0.717) is 12.2 Å². The van der Waals surface area contributed by atoms with Gasteiger partial charge in [0.1, 0.15) is 0 Å². The Hall–Kier alpha value is -1.16. The summed E-state index contributed by atoms with van der Waals surface area (Å²) in [6, 6.07) is 9.88. The number of hydrogen-bond acceptors (Lipinski definition) is 3. The molecule has 3 heteroatoms. The Bertz CT molecular complexity index is 313. The minimum absolute atomic E-state index is 0.116. The van der Waals surface area contributed by atoms with E-state index < -0.39 is 0 Å². The lowest BCUT2D eigenvalue weighted by Crippen LogP contribution is -2.08. The molecule has 0 saturated heterocycles. The van der Waals surface area contributed by atoms with E-state index in [0.717, 1.165) is 5.56 Å². The van der Waals surface area contributed by atoms with E-state index >= 15 is 0 Å². The average Bonchev–Trinajstić information content (AvgIpc) is 2.34. The number of benzene rings is 1. The van der Waals surface area contributed by atoms with Gasteiger partial charge in [0.05, 0.1) is 25.9 Å². The van der Waals surface area contributed by atoms with Gasteiger partial charge in [-0.2, -0.15) is 0 Å². The van der Waals surface area contributed by atoms with Crippen LogP contribution < -0.4 is 0 Å². The maximum Gasteiger partial charge on any atom is 0.0736 e. The molecule has 0 spiro atoms. The first-order valence-corrected chi connectivity index (χ1v) is 5.33. The van der Waals surface area contributed by atoms with Gasteiger partial charge in [-0.1, -0.05) is 36.4 Å². The van der Waals surface area contributed by atoms with Crippen LogP contribution >= 0.6 is 0 Å². The van der Waals surface area contributed by atoms with Crippen LogP contribution in [0, 0.1) is 0 Å². The summed E-state index contributed by atoms with van der Waals surface area (Å²) >= 11 is 0. The molecule has 0 aliphatic carbocycles. The third-order valence-corrected chi connectivity index (χ3v) is 2.23. The minimum atomic E-state index is -0.129. The van der Waals surface area contributed by atoms with Crippen LogP contribution in [-0.2, 0) is 11.3 Å². The van der Waals surface area contributed by atoms with Crippen molar-refractivity contribution in [2.75, 3.05) is 13.2 Å². The van der Waals surface area contributed by atoms with Gasteiger partial charge < -0.3 is 14.9 Å². The molecule has 0 heterocycles.